The largest absolute Gasteiger partial charge is 0.494 e. The Kier molecular flexibility index (Phi) is 6.38. The molecular formula is C19H21ClN2O2. The van der Waals surface area contributed by atoms with Crippen molar-refractivity contribution in [2.75, 3.05) is 6.61 Å². The minimum Gasteiger partial charge on any atom is -0.494 e. The predicted molar refractivity (Wildman–Crippen MR) is 98.1 cm³/mol. The molecule has 126 valence electrons. The van der Waals surface area contributed by atoms with E-state index in [-0.39, 0.29) is 5.91 Å². The molecule has 0 radical (unpaired) electrons. The highest BCUT2D eigenvalue weighted by Gasteiger charge is 2.07. The number of hydrazone groups is 1. The number of nitrogens with zero attached hydrogens (tertiary/aromatic N) is 1. The molecule has 2 aromatic carbocycles. The summed E-state index contributed by atoms with van der Waals surface area (Å²) in [7, 11) is 0. The first-order chi connectivity index (χ1) is 11.5. The number of carbonyl (C=O) groups is 1. The Morgan fingerprint density at radius 2 is 1.92 bits per heavy atom. The van der Waals surface area contributed by atoms with Crippen LogP contribution in [0.4, 0.5) is 0 Å². The molecule has 2 aromatic rings. The average molecular weight is 345 g/mol. The van der Waals surface area contributed by atoms with E-state index in [1.54, 1.807) is 24.3 Å². The van der Waals surface area contributed by atoms with Crippen LogP contribution in [0.25, 0.3) is 0 Å². The van der Waals surface area contributed by atoms with Crippen LogP contribution in [0.3, 0.4) is 0 Å². The Hall–Kier alpha value is -2.33. The van der Waals surface area contributed by atoms with E-state index in [2.05, 4.69) is 10.5 Å². The van der Waals surface area contributed by atoms with Crippen LogP contribution in [0.1, 0.15) is 41.8 Å². The first kappa shape index (κ1) is 18.0. The molecule has 0 saturated heterocycles. The van der Waals surface area contributed by atoms with E-state index in [0.29, 0.717) is 22.9 Å². The fourth-order valence-corrected chi connectivity index (χ4v) is 2.35. The summed E-state index contributed by atoms with van der Waals surface area (Å²) in [6.45, 7) is 6.49. The molecular weight excluding hydrogens is 324 g/mol. The Labute approximate surface area is 147 Å². The van der Waals surface area contributed by atoms with E-state index in [1.807, 2.05) is 39.0 Å². The molecule has 0 bridgehead atoms. The number of benzene rings is 2. The average Bonchev–Trinajstić information content (AvgIpc) is 2.60. The van der Waals surface area contributed by atoms with Crippen LogP contribution >= 0.6 is 11.6 Å². The van der Waals surface area contributed by atoms with Crippen LogP contribution in [-0.4, -0.2) is 18.2 Å². The number of halogens is 1. The highest BCUT2D eigenvalue weighted by atomic mass is 35.5. The Balaban J connectivity index is 2.05. The highest BCUT2D eigenvalue weighted by molar-refractivity contribution is 6.34. The van der Waals surface area contributed by atoms with Crippen LogP contribution in [0.2, 0.25) is 5.02 Å². The summed E-state index contributed by atoms with van der Waals surface area (Å²) in [6, 6.07) is 12.7. The first-order valence-electron chi connectivity index (χ1n) is 7.85. The zero-order valence-corrected chi connectivity index (χ0v) is 14.9. The van der Waals surface area contributed by atoms with Crippen molar-refractivity contribution < 1.29 is 9.53 Å². The summed E-state index contributed by atoms with van der Waals surface area (Å²) in [4.78, 5) is 12.2. The van der Waals surface area contributed by atoms with Crippen molar-refractivity contribution in [3.63, 3.8) is 0 Å². The molecule has 0 aliphatic heterocycles. The summed E-state index contributed by atoms with van der Waals surface area (Å²) in [5.74, 6) is 0.472. The van der Waals surface area contributed by atoms with Gasteiger partial charge in [-0.3, -0.25) is 4.79 Å². The number of rotatable bonds is 6. The van der Waals surface area contributed by atoms with Crippen molar-refractivity contribution in [3.05, 3.63) is 64.2 Å². The standard InChI is InChI=1S/C19H21ClN2O2/c1-4-11-24-16-8-6-15(7-9-16)19(23)22-21-14(3)17-12-13(2)5-10-18(17)20/h5-10,12H,4,11H2,1-3H3,(H,22,23)/b21-14+. The van der Waals surface area contributed by atoms with Gasteiger partial charge in [0, 0.05) is 16.1 Å². The molecule has 0 spiro atoms. The van der Waals surface area contributed by atoms with Gasteiger partial charge in [0.2, 0.25) is 0 Å². The lowest BCUT2D eigenvalue weighted by Gasteiger charge is -2.07. The molecule has 0 aromatic heterocycles. The van der Waals surface area contributed by atoms with Gasteiger partial charge in [0.1, 0.15) is 5.75 Å². The third-order valence-electron chi connectivity index (χ3n) is 3.43. The Morgan fingerprint density at radius 1 is 1.21 bits per heavy atom. The number of aryl methyl sites for hydroxylation is 1. The van der Waals surface area contributed by atoms with Gasteiger partial charge >= 0.3 is 0 Å². The molecule has 0 saturated carbocycles. The van der Waals surface area contributed by atoms with E-state index in [9.17, 15) is 4.79 Å². The molecule has 0 heterocycles. The summed E-state index contributed by atoms with van der Waals surface area (Å²) in [5, 5.41) is 4.75. The normalized spacial score (nSPS) is 11.2. The van der Waals surface area contributed by atoms with Crippen molar-refractivity contribution in [2.24, 2.45) is 5.10 Å². The van der Waals surface area contributed by atoms with Crippen molar-refractivity contribution in [2.45, 2.75) is 27.2 Å². The van der Waals surface area contributed by atoms with Crippen LogP contribution in [0.15, 0.2) is 47.6 Å². The van der Waals surface area contributed by atoms with Crippen molar-refractivity contribution in [1.82, 2.24) is 5.43 Å². The first-order valence-corrected chi connectivity index (χ1v) is 8.23. The second kappa shape index (κ2) is 8.50. The Morgan fingerprint density at radius 3 is 2.58 bits per heavy atom. The fourth-order valence-electron chi connectivity index (χ4n) is 2.10. The molecule has 4 nitrogen and oxygen atoms in total. The summed E-state index contributed by atoms with van der Waals surface area (Å²) >= 11 is 6.18. The summed E-state index contributed by atoms with van der Waals surface area (Å²) < 4.78 is 5.50. The quantitative estimate of drug-likeness (QED) is 0.615. The third kappa shape index (κ3) is 4.83. The van der Waals surface area contributed by atoms with Gasteiger partial charge in [-0.1, -0.05) is 30.2 Å². The highest BCUT2D eigenvalue weighted by Crippen LogP contribution is 2.18. The second-order valence-electron chi connectivity index (χ2n) is 5.49. The predicted octanol–water partition coefficient (Wildman–Crippen LogP) is 4.59. The van der Waals surface area contributed by atoms with Gasteiger partial charge in [-0.25, -0.2) is 5.43 Å². The van der Waals surface area contributed by atoms with Gasteiger partial charge < -0.3 is 4.74 Å². The van der Waals surface area contributed by atoms with Gasteiger partial charge in [0.15, 0.2) is 0 Å². The van der Waals surface area contributed by atoms with E-state index in [4.69, 9.17) is 16.3 Å². The van der Waals surface area contributed by atoms with Crippen LogP contribution < -0.4 is 10.2 Å². The van der Waals surface area contributed by atoms with Gasteiger partial charge in [-0.15, -0.1) is 0 Å². The smallest absolute Gasteiger partial charge is 0.271 e. The fraction of sp³-hybridized carbons (Fsp3) is 0.263. The molecule has 2 rings (SSSR count). The van der Waals surface area contributed by atoms with Gasteiger partial charge in [-0.2, -0.15) is 5.10 Å². The molecule has 0 fully saturated rings. The zero-order valence-electron chi connectivity index (χ0n) is 14.1. The van der Waals surface area contributed by atoms with Gasteiger partial charge in [-0.05, 0) is 56.7 Å². The number of nitrogens with one attached hydrogen (secondary N) is 1. The second-order valence-corrected chi connectivity index (χ2v) is 5.90. The maximum atomic E-state index is 12.2. The topological polar surface area (TPSA) is 50.7 Å². The molecule has 1 amide bonds. The van der Waals surface area contributed by atoms with Crippen LogP contribution in [0.5, 0.6) is 5.75 Å². The maximum absolute atomic E-state index is 12.2. The van der Waals surface area contributed by atoms with Gasteiger partial charge in [0.05, 0.1) is 12.3 Å². The number of carbonyl (C=O) groups excluding carboxylic acids is 1. The van der Waals surface area contributed by atoms with Crippen molar-refractivity contribution in [1.29, 1.82) is 0 Å². The molecule has 1 N–H and O–H groups in total. The maximum Gasteiger partial charge on any atom is 0.271 e. The third-order valence-corrected chi connectivity index (χ3v) is 3.76. The zero-order chi connectivity index (χ0) is 17.5. The molecule has 0 aliphatic rings. The van der Waals surface area contributed by atoms with E-state index in [1.165, 1.54) is 0 Å². The Bertz CT molecular complexity index is 740. The lowest BCUT2D eigenvalue weighted by Crippen LogP contribution is -2.19. The SMILES string of the molecule is CCCOc1ccc(C(=O)N/N=C(\C)c2cc(C)ccc2Cl)cc1. The van der Waals surface area contributed by atoms with E-state index in [0.717, 1.165) is 23.3 Å². The molecule has 5 heteroatoms. The van der Waals surface area contributed by atoms with Crippen LogP contribution in [-0.2, 0) is 0 Å². The molecule has 24 heavy (non-hydrogen) atoms. The lowest BCUT2D eigenvalue weighted by molar-refractivity contribution is 0.0955. The lowest BCUT2D eigenvalue weighted by atomic mass is 10.1. The number of hydrogen-bond acceptors (Lipinski definition) is 3. The number of amides is 1. The monoisotopic (exact) mass is 344 g/mol. The number of ether oxygens (including phenoxy) is 1. The van der Waals surface area contributed by atoms with Gasteiger partial charge in [0.25, 0.3) is 5.91 Å². The summed E-state index contributed by atoms with van der Waals surface area (Å²) in [6.07, 6.45) is 0.942. The molecule has 0 aliphatic carbocycles. The number of hydrogen-bond donors (Lipinski definition) is 1. The minimum atomic E-state index is -0.278. The molecule has 0 atom stereocenters. The van der Waals surface area contributed by atoms with Crippen LogP contribution in [0, 0.1) is 6.92 Å². The molecule has 0 unspecified atom stereocenters. The summed E-state index contributed by atoms with van der Waals surface area (Å²) in [5.41, 5.74) is 5.62. The minimum absolute atomic E-state index is 0.278. The van der Waals surface area contributed by atoms with Crippen molar-refractivity contribution >= 4 is 23.2 Å². The van der Waals surface area contributed by atoms with Crippen molar-refractivity contribution in [3.8, 4) is 5.75 Å². The van der Waals surface area contributed by atoms with E-state index >= 15 is 0 Å². The van der Waals surface area contributed by atoms with E-state index < -0.39 is 0 Å².